The molecule has 5 nitrogen and oxygen atoms in total. The van der Waals surface area contributed by atoms with Crippen LogP contribution >= 0.6 is 0 Å². The number of hydrogen-bond acceptors (Lipinski definition) is 5. The summed E-state index contributed by atoms with van der Waals surface area (Å²) in [7, 11) is 0. The van der Waals surface area contributed by atoms with Crippen molar-refractivity contribution in [2.75, 3.05) is 12.5 Å². The van der Waals surface area contributed by atoms with E-state index < -0.39 is 0 Å². The first-order chi connectivity index (χ1) is 10.2. The normalized spacial score (nSPS) is 12.2. The van der Waals surface area contributed by atoms with Crippen LogP contribution in [0.3, 0.4) is 0 Å². The molecule has 0 bridgehead atoms. The maximum absolute atomic E-state index is 9.42. The molecule has 0 saturated carbocycles. The van der Waals surface area contributed by atoms with E-state index in [1.807, 2.05) is 32.0 Å². The van der Waals surface area contributed by atoms with Crippen LogP contribution in [-0.2, 0) is 6.42 Å². The number of aromatic nitrogens is 1. The zero-order chi connectivity index (χ0) is 15.0. The van der Waals surface area contributed by atoms with Crippen molar-refractivity contribution in [3.05, 3.63) is 35.0 Å². The molecule has 3 rings (SSSR count). The van der Waals surface area contributed by atoms with Gasteiger partial charge in [-0.1, -0.05) is 13.0 Å². The summed E-state index contributed by atoms with van der Waals surface area (Å²) < 4.78 is 10.7. The topological polar surface area (TPSA) is 81.2 Å². The number of anilines is 1. The van der Waals surface area contributed by atoms with E-state index in [-0.39, 0.29) is 12.6 Å². The Hall–Kier alpha value is -2.74. The van der Waals surface area contributed by atoms with Crippen LogP contribution in [0.25, 0.3) is 11.1 Å². The molecule has 0 amide bonds. The van der Waals surface area contributed by atoms with Gasteiger partial charge in [0.2, 0.25) is 6.79 Å². The van der Waals surface area contributed by atoms with Crippen molar-refractivity contribution in [3.63, 3.8) is 0 Å². The maximum atomic E-state index is 9.42. The third kappa shape index (κ3) is 2.05. The van der Waals surface area contributed by atoms with Crippen LogP contribution < -0.4 is 15.2 Å². The molecule has 5 heteroatoms. The van der Waals surface area contributed by atoms with Gasteiger partial charge in [-0.25, -0.2) is 4.98 Å². The number of nitrogens with zero attached hydrogens (tertiary/aromatic N) is 2. The highest BCUT2D eigenvalue weighted by Crippen LogP contribution is 2.39. The molecular weight excluding hydrogens is 266 g/mol. The van der Waals surface area contributed by atoms with Gasteiger partial charge in [-0.15, -0.1) is 0 Å². The molecule has 1 aliphatic heterocycles. The number of pyridine rings is 1. The van der Waals surface area contributed by atoms with Crippen molar-refractivity contribution in [2.24, 2.45) is 0 Å². The van der Waals surface area contributed by atoms with E-state index in [0.29, 0.717) is 17.1 Å². The van der Waals surface area contributed by atoms with E-state index in [1.54, 1.807) is 0 Å². The number of hydrogen-bond donors (Lipinski definition) is 1. The number of fused-ring (bicyclic) bond motifs is 1. The van der Waals surface area contributed by atoms with E-state index in [1.165, 1.54) is 0 Å². The summed E-state index contributed by atoms with van der Waals surface area (Å²) in [6.07, 6.45) is 0.763. The molecule has 2 aromatic rings. The number of nitrogens with two attached hydrogens (primary N) is 1. The average Bonchev–Trinajstić information content (AvgIpc) is 2.96. The predicted molar refractivity (Wildman–Crippen MR) is 79.0 cm³/mol. The Kier molecular flexibility index (Phi) is 3.15. The van der Waals surface area contributed by atoms with Crippen LogP contribution in [0.1, 0.15) is 23.7 Å². The van der Waals surface area contributed by atoms with E-state index in [2.05, 4.69) is 11.1 Å². The van der Waals surface area contributed by atoms with Crippen LogP contribution in [-0.4, -0.2) is 11.8 Å². The lowest BCUT2D eigenvalue weighted by Gasteiger charge is -2.14. The fourth-order valence-corrected chi connectivity index (χ4v) is 2.62. The first-order valence-electron chi connectivity index (χ1n) is 6.74. The number of nitriles is 1. The van der Waals surface area contributed by atoms with Gasteiger partial charge < -0.3 is 15.2 Å². The highest BCUT2D eigenvalue weighted by molar-refractivity contribution is 5.80. The highest BCUT2D eigenvalue weighted by Gasteiger charge is 2.19. The van der Waals surface area contributed by atoms with Gasteiger partial charge in [0.25, 0.3) is 0 Å². The van der Waals surface area contributed by atoms with Gasteiger partial charge in [-0.2, -0.15) is 5.26 Å². The van der Waals surface area contributed by atoms with Crippen molar-refractivity contribution in [1.82, 2.24) is 4.98 Å². The van der Waals surface area contributed by atoms with Gasteiger partial charge in [-0.3, -0.25) is 0 Å². The zero-order valence-corrected chi connectivity index (χ0v) is 11.9. The first kappa shape index (κ1) is 13.3. The Morgan fingerprint density at radius 1 is 1.33 bits per heavy atom. The Balaban J connectivity index is 2.26. The number of nitrogen functional groups attached to an aromatic ring is 1. The third-order valence-corrected chi connectivity index (χ3v) is 3.68. The van der Waals surface area contributed by atoms with Gasteiger partial charge in [0.1, 0.15) is 17.5 Å². The molecule has 21 heavy (non-hydrogen) atoms. The lowest BCUT2D eigenvalue weighted by molar-refractivity contribution is 0.174. The molecule has 2 N–H and O–H groups in total. The zero-order valence-electron chi connectivity index (χ0n) is 11.9. The van der Waals surface area contributed by atoms with Crippen molar-refractivity contribution < 1.29 is 9.47 Å². The third-order valence-electron chi connectivity index (χ3n) is 3.68. The van der Waals surface area contributed by atoms with Crippen LogP contribution in [0, 0.1) is 18.3 Å². The smallest absolute Gasteiger partial charge is 0.231 e. The average molecular weight is 281 g/mol. The number of benzene rings is 1. The minimum absolute atomic E-state index is 0.224. The molecule has 0 aliphatic carbocycles. The summed E-state index contributed by atoms with van der Waals surface area (Å²) in [6.45, 7) is 4.21. The van der Waals surface area contributed by atoms with Gasteiger partial charge in [0, 0.05) is 11.3 Å². The van der Waals surface area contributed by atoms with Crippen molar-refractivity contribution in [2.45, 2.75) is 20.3 Å². The van der Waals surface area contributed by atoms with Crippen molar-refractivity contribution in [1.29, 1.82) is 5.26 Å². The summed E-state index contributed by atoms with van der Waals surface area (Å²) in [5.41, 5.74) is 9.93. The largest absolute Gasteiger partial charge is 0.454 e. The second-order valence-electron chi connectivity index (χ2n) is 4.85. The van der Waals surface area contributed by atoms with Gasteiger partial charge in [0.05, 0.1) is 0 Å². The molecular formula is C16H15N3O2. The molecule has 0 atom stereocenters. The monoisotopic (exact) mass is 281 g/mol. The fraction of sp³-hybridized carbons (Fsp3) is 0.250. The van der Waals surface area contributed by atoms with E-state index in [0.717, 1.165) is 28.8 Å². The van der Waals surface area contributed by atoms with Gasteiger partial charge in [-0.05, 0) is 36.6 Å². The minimum atomic E-state index is 0.224. The molecule has 0 fully saturated rings. The molecule has 1 aromatic heterocycles. The summed E-state index contributed by atoms with van der Waals surface area (Å²) in [6, 6.07) is 7.80. The van der Waals surface area contributed by atoms with Crippen LogP contribution in [0.5, 0.6) is 11.5 Å². The lowest BCUT2D eigenvalue weighted by atomic mass is 9.94. The van der Waals surface area contributed by atoms with Crippen molar-refractivity contribution in [3.8, 4) is 28.7 Å². The standard InChI is InChI=1S/C16H15N3O2/c1-3-12-9(2)15(11(7-17)16(18)19-12)10-4-5-13-14(6-10)21-8-20-13/h4-6H,3,8H2,1-2H3,(H2,18,19). The van der Waals surface area contributed by atoms with Gasteiger partial charge >= 0.3 is 0 Å². The van der Waals surface area contributed by atoms with Crippen LogP contribution in [0.2, 0.25) is 0 Å². The summed E-state index contributed by atoms with van der Waals surface area (Å²) in [5, 5.41) is 9.42. The van der Waals surface area contributed by atoms with E-state index in [9.17, 15) is 5.26 Å². The Morgan fingerprint density at radius 3 is 2.81 bits per heavy atom. The van der Waals surface area contributed by atoms with E-state index >= 15 is 0 Å². The molecule has 0 radical (unpaired) electrons. The Labute approximate surface area is 122 Å². The second-order valence-corrected chi connectivity index (χ2v) is 4.85. The molecule has 0 spiro atoms. The second kappa shape index (κ2) is 4.98. The molecule has 1 aromatic carbocycles. The molecule has 106 valence electrons. The lowest BCUT2D eigenvalue weighted by Crippen LogP contribution is -2.04. The van der Waals surface area contributed by atoms with Crippen LogP contribution in [0.4, 0.5) is 5.82 Å². The first-order valence-corrected chi connectivity index (χ1v) is 6.74. The molecule has 0 saturated heterocycles. The highest BCUT2D eigenvalue weighted by atomic mass is 16.7. The molecule has 2 heterocycles. The Morgan fingerprint density at radius 2 is 2.10 bits per heavy atom. The van der Waals surface area contributed by atoms with E-state index in [4.69, 9.17) is 15.2 Å². The summed E-state index contributed by atoms with van der Waals surface area (Å²) in [5.74, 6) is 1.67. The Bertz CT molecular complexity index is 762. The van der Waals surface area contributed by atoms with Crippen molar-refractivity contribution >= 4 is 5.82 Å². The fourth-order valence-electron chi connectivity index (χ4n) is 2.62. The van der Waals surface area contributed by atoms with Gasteiger partial charge in [0.15, 0.2) is 11.5 Å². The quantitative estimate of drug-likeness (QED) is 0.915. The molecule has 0 unspecified atom stereocenters. The SMILES string of the molecule is CCc1nc(N)c(C#N)c(-c2ccc3c(c2)OCO3)c1C. The number of aryl methyl sites for hydroxylation is 1. The maximum Gasteiger partial charge on any atom is 0.231 e. The summed E-state index contributed by atoms with van der Waals surface area (Å²) in [4.78, 5) is 4.32. The predicted octanol–water partition coefficient (Wildman–Crippen LogP) is 2.80. The molecule has 1 aliphatic rings. The number of rotatable bonds is 2. The summed E-state index contributed by atoms with van der Waals surface area (Å²) >= 11 is 0. The minimum Gasteiger partial charge on any atom is -0.454 e. The van der Waals surface area contributed by atoms with Crippen LogP contribution in [0.15, 0.2) is 18.2 Å². The number of ether oxygens (including phenoxy) is 2.